The summed E-state index contributed by atoms with van der Waals surface area (Å²) in [5, 5.41) is 0. The Hall–Kier alpha value is -3.59. The fourth-order valence-electron chi connectivity index (χ4n) is 2.87. The van der Waals surface area contributed by atoms with E-state index in [0.29, 0.717) is 22.0 Å². The molecule has 0 N–H and O–H groups in total. The average molecular weight is 442 g/mol. The van der Waals surface area contributed by atoms with Crippen molar-refractivity contribution in [3.05, 3.63) is 52.8 Å². The lowest BCUT2D eigenvalue weighted by molar-refractivity contribution is -0.141. The van der Waals surface area contributed by atoms with E-state index in [0.717, 1.165) is 15.8 Å². The summed E-state index contributed by atoms with van der Waals surface area (Å²) in [4.78, 5) is 29.0. The van der Waals surface area contributed by atoms with Gasteiger partial charge in [0, 0.05) is 6.08 Å². The van der Waals surface area contributed by atoms with Crippen LogP contribution >= 0.6 is 11.3 Å². The van der Waals surface area contributed by atoms with Crippen molar-refractivity contribution in [2.75, 3.05) is 28.4 Å². The predicted octanol–water partition coefficient (Wildman–Crippen LogP) is 3.04. The standard InChI is InChI=1S/C22H22N2O6S/c1-27-15-7-8-16-19(12-15)31-22(24(16)13-21(26)30-4)23-20(25)10-6-14-5-9-17(28-2)18(11-14)29-3/h5-12H,13H2,1-4H3/b10-6-,23-22?. The maximum Gasteiger partial charge on any atom is 0.325 e. The lowest BCUT2D eigenvalue weighted by Crippen LogP contribution is -2.22. The monoisotopic (exact) mass is 442 g/mol. The largest absolute Gasteiger partial charge is 0.497 e. The Morgan fingerprint density at radius 2 is 1.77 bits per heavy atom. The molecule has 31 heavy (non-hydrogen) atoms. The molecule has 8 nitrogen and oxygen atoms in total. The van der Waals surface area contributed by atoms with E-state index in [9.17, 15) is 9.59 Å². The molecule has 0 aliphatic rings. The number of nitrogens with zero attached hydrogens (tertiary/aromatic N) is 2. The van der Waals surface area contributed by atoms with Crippen LogP contribution in [0.2, 0.25) is 0 Å². The molecule has 0 unspecified atom stereocenters. The number of methoxy groups -OCH3 is 4. The van der Waals surface area contributed by atoms with E-state index in [1.54, 1.807) is 56.2 Å². The van der Waals surface area contributed by atoms with Gasteiger partial charge < -0.3 is 23.5 Å². The Morgan fingerprint density at radius 3 is 2.45 bits per heavy atom. The molecule has 1 aromatic heterocycles. The number of carbonyl (C=O) groups is 2. The van der Waals surface area contributed by atoms with Crippen LogP contribution < -0.4 is 19.0 Å². The fourth-order valence-corrected chi connectivity index (χ4v) is 3.93. The van der Waals surface area contributed by atoms with Crippen molar-refractivity contribution in [3.63, 3.8) is 0 Å². The van der Waals surface area contributed by atoms with Crippen molar-refractivity contribution in [1.29, 1.82) is 0 Å². The number of aromatic nitrogens is 1. The minimum Gasteiger partial charge on any atom is -0.497 e. The normalized spacial score (nSPS) is 11.7. The summed E-state index contributed by atoms with van der Waals surface area (Å²) in [7, 11) is 5.99. The van der Waals surface area contributed by atoms with Crippen molar-refractivity contribution in [3.8, 4) is 17.2 Å². The number of carbonyl (C=O) groups excluding carboxylic acids is 2. The van der Waals surface area contributed by atoms with E-state index in [-0.39, 0.29) is 6.54 Å². The third kappa shape index (κ3) is 5.13. The van der Waals surface area contributed by atoms with E-state index in [2.05, 4.69) is 4.99 Å². The molecule has 2 aromatic carbocycles. The van der Waals surface area contributed by atoms with E-state index in [4.69, 9.17) is 18.9 Å². The van der Waals surface area contributed by atoms with Gasteiger partial charge in [-0.15, -0.1) is 0 Å². The minimum absolute atomic E-state index is 0.0612. The Kier molecular flexibility index (Phi) is 7.09. The van der Waals surface area contributed by atoms with Crippen LogP contribution in [0, 0.1) is 0 Å². The third-order valence-electron chi connectivity index (χ3n) is 4.44. The van der Waals surface area contributed by atoms with E-state index in [1.165, 1.54) is 24.5 Å². The summed E-state index contributed by atoms with van der Waals surface area (Å²) in [5.41, 5.74) is 1.51. The Labute approximate surface area is 183 Å². The van der Waals surface area contributed by atoms with E-state index >= 15 is 0 Å². The first-order valence-corrected chi connectivity index (χ1v) is 10.0. The van der Waals surface area contributed by atoms with Crippen molar-refractivity contribution < 1.29 is 28.5 Å². The summed E-state index contributed by atoms with van der Waals surface area (Å²) < 4.78 is 23.0. The quantitative estimate of drug-likeness (QED) is 0.413. The zero-order valence-corrected chi connectivity index (χ0v) is 18.4. The van der Waals surface area contributed by atoms with Crippen LogP contribution in [0.1, 0.15) is 5.56 Å². The highest BCUT2D eigenvalue weighted by molar-refractivity contribution is 7.16. The molecule has 0 radical (unpaired) electrons. The van der Waals surface area contributed by atoms with Crippen LogP contribution in [-0.4, -0.2) is 44.9 Å². The molecule has 0 atom stereocenters. The topological polar surface area (TPSA) is 88.4 Å². The van der Waals surface area contributed by atoms with Gasteiger partial charge in [-0.3, -0.25) is 9.59 Å². The summed E-state index contributed by atoms with van der Waals surface area (Å²) in [5.74, 6) is 0.922. The summed E-state index contributed by atoms with van der Waals surface area (Å²) >= 11 is 1.28. The predicted molar refractivity (Wildman–Crippen MR) is 118 cm³/mol. The van der Waals surface area contributed by atoms with Gasteiger partial charge in [0.05, 0.1) is 38.7 Å². The first kappa shape index (κ1) is 22.1. The molecule has 0 aliphatic carbocycles. The molecule has 3 aromatic rings. The van der Waals surface area contributed by atoms with Crippen LogP contribution in [0.5, 0.6) is 17.2 Å². The molecular weight excluding hydrogens is 420 g/mol. The highest BCUT2D eigenvalue weighted by Gasteiger charge is 2.12. The van der Waals surface area contributed by atoms with Gasteiger partial charge in [0.15, 0.2) is 16.3 Å². The molecule has 1 amide bonds. The molecule has 0 fully saturated rings. The Balaban J connectivity index is 1.96. The summed E-state index contributed by atoms with van der Waals surface area (Å²) in [6.45, 7) is -0.0612. The van der Waals surface area contributed by atoms with Crippen molar-refractivity contribution >= 4 is 39.5 Å². The minimum atomic E-state index is -0.466. The van der Waals surface area contributed by atoms with Gasteiger partial charge in [-0.1, -0.05) is 17.4 Å². The number of thiazole rings is 1. The molecule has 0 saturated heterocycles. The number of rotatable bonds is 7. The SMILES string of the molecule is COC(=O)Cn1c(=NC(=O)/C=C\c2ccc(OC)c(OC)c2)sc2cc(OC)ccc21. The third-order valence-corrected chi connectivity index (χ3v) is 5.48. The Bertz CT molecular complexity index is 1210. The van der Waals surface area contributed by atoms with Crippen LogP contribution in [0.3, 0.4) is 0 Å². The van der Waals surface area contributed by atoms with E-state index in [1.807, 2.05) is 12.1 Å². The molecule has 3 rings (SSSR count). The zero-order chi connectivity index (χ0) is 22.4. The molecule has 9 heteroatoms. The number of esters is 1. The molecule has 0 bridgehead atoms. The highest BCUT2D eigenvalue weighted by atomic mass is 32.1. The maximum absolute atomic E-state index is 12.5. The first-order chi connectivity index (χ1) is 15.0. The summed E-state index contributed by atoms with van der Waals surface area (Å²) in [6, 6.07) is 10.7. The number of hydrogen-bond donors (Lipinski definition) is 0. The number of fused-ring (bicyclic) bond motifs is 1. The van der Waals surface area contributed by atoms with E-state index < -0.39 is 11.9 Å². The second-order valence-electron chi connectivity index (χ2n) is 6.28. The number of benzene rings is 2. The van der Waals surface area contributed by atoms with Crippen LogP contribution in [0.25, 0.3) is 16.3 Å². The molecule has 0 spiro atoms. The fraction of sp³-hybridized carbons (Fsp3) is 0.227. The number of hydrogen-bond acceptors (Lipinski definition) is 7. The molecule has 162 valence electrons. The smallest absolute Gasteiger partial charge is 0.325 e. The zero-order valence-electron chi connectivity index (χ0n) is 17.6. The van der Waals surface area contributed by atoms with Gasteiger partial charge in [-0.25, -0.2) is 0 Å². The van der Waals surface area contributed by atoms with Crippen molar-refractivity contribution in [1.82, 2.24) is 4.57 Å². The van der Waals surface area contributed by atoms with Crippen molar-refractivity contribution in [2.24, 2.45) is 4.99 Å². The molecule has 0 aliphatic heterocycles. The second kappa shape index (κ2) is 9.94. The second-order valence-corrected chi connectivity index (χ2v) is 7.29. The van der Waals surface area contributed by atoms with Gasteiger partial charge in [0.25, 0.3) is 5.91 Å². The van der Waals surface area contributed by atoms with Crippen LogP contribution in [0.15, 0.2) is 47.5 Å². The Morgan fingerprint density at radius 1 is 1.00 bits per heavy atom. The molecule has 1 heterocycles. The van der Waals surface area contributed by atoms with Gasteiger partial charge >= 0.3 is 5.97 Å². The molecule has 0 saturated carbocycles. The van der Waals surface area contributed by atoms with Crippen LogP contribution in [-0.2, 0) is 20.9 Å². The van der Waals surface area contributed by atoms with Crippen LogP contribution in [0.4, 0.5) is 0 Å². The number of ether oxygens (including phenoxy) is 4. The summed E-state index contributed by atoms with van der Waals surface area (Å²) in [6.07, 6.45) is 2.99. The highest BCUT2D eigenvalue weighted by Crippen LogP contribution is 2.28. The van der Waals surface area contributed by atoms with Gasteiger partial charge in [-0.05, 0) is 42.0 Å². The lowest BCUT2D eigenvalue weighted by atomic mass is 10.2. The van der Waals surface area contributed by atoms with Gasteiger partial charge in [-0.2, -0.15) is 4.99 Å². The van der Waals surface area contributed by atoms with Gasteiger partial charge in [0.1, 0.15) is 12.3 Å². The average Bonchev–Trinajstić information content (AvgIpc) is 3.12. The molecular formula is C22H22N2O6S. The first-order valence-electron chi connectivity index (χ1n) is 9.22. The van der Waals surface area contributed by atoms with Gasteiger partial charge in [0.2, 0.25) is 0 Å². The van der Waals surface area contributed by atoms with Crippen molar-refractivity contribution in [2.45, 2.75) is 6.54 Å². The lowest BCUT2D eigenvalue weighted by Gasteiger charge is -2.07. The maximum atomic E-state index is 12.5. The number of amides is 1.